The molecule has 0 bridgehead atoms. The molecule has 0 aliphatic carbocycles. The van der Waals surface area contributed by atoms with E-state index in [0.717, 1.165) is 16.9 Å². The first kappa shape index (κ1) is 11.7. The van der Waals surface area contributed by atoms with Crippen LogP contribution in [0.5, 0.6) is 0 Å². The normalized spacial score (nSPS) is 10.3. The van der Waals surface area contributed by atoms with Crippen LogP contribution >= 0.6 is 11.6 Å². The molecule has 2 nitrogen and oxygen atoms in total. The second-order valence-corrected chi connectivity index (χ2v) is 4.23. The summed E-state index contributed by atoms with van der Waals surface area (Å²) in [5.41, 5.74) is 8.94. The highest BCUT2D eigenvalue weighted by Crippen LogP contribution is 2.24. The summed E-state index contributed by atoms with van der Waals surface area (Å²) in [5, 5.41) is 3.20. The third-order valence-corrected chi connectivity index (χ3v) is 2.78. The van der Waals surface area contributed by atoms with E-state index < -0.39 is 5.82 Å². The van der Waals surface area contributed by atoms with Gasteiger partial charge < -0.3 is 11.1 Å². The van der Waals surface area contributed by atoms with Crippen LogP contribution in [0.3, 0.4) is 0 Å². The highest BCUT2D eigenvalue weighted by molar-refractivity contribution is 6.30. The van der Waals surface area contributed by atoms with Crippen LogP contribution in [0.2, 0.25) is 5.02 Å². The molecule has 0 aromatic heterocycles. The average Bonchev–Trinajstić information content (AvgIpc) is 2.29. The van der Waals surface area contributed by atoms with Gasteiger partial charge >= 0.3 is 0 Å². The Labute approximate surface area is 104 Å². The summed E-state index contributed by atoms with van der Waals surface area (Å²) in [6.07, 6.45) is 0. The molecule has 0 amide bonds. The molecule has 0 aliphatic heterocycles. The van der Waals surface area contributed by atoms with Gasteiger partial charge in [-0.3, -0.25) is 0 Å². The standard InChI is InChI=1S/C13H12ClFN2/c1-8-6-9(3-5-13(8)16)17-10-2-4-11(14)12(15)7-10/h2-7,17H,16H2,1H3. The van der Waals surface area contributed by atoms with Gasteiger partial charge in [0.15, 0.2) is 0 Å². The number of hydrogen-bond donors (Lipinski definition) is 2. The van der Waals surface area contributed by atoms with Crippen LogP contribution in [0.25, 0.3) is 0 Å². The van der Waals surface area contributed by atoms with Crippen molar-refractivity contribution in [1.82, 2.24) is 0 Å². The van der Waals surface area contributed by atoms with Crippen LogP contribution in [0.4, 0.5) is 21.5 Å². The highest BCUT2D eigenvalue weighted by Gasteiger charge is 2.02. The van der Waals surface area contributed by atoms with E-state index in [1.54, 1.807) is 6.07 Å². The van der Waals surface area contributed by atoms with Crippen molar-refractivity contribution in [3.8, 4) is 0 Å². The zero-order valence-electron chi connectivity index (χ0n) is 9.30. The van der Waals surface area contributed by atoms with E-state index in [2.05, 4.69) is 5.32 Å². The van der Waals surface area contributed by atoms with Crippen molar-refractivity contribution in [2.24, 2.45) is 0 Å². The fraction of sp³-hybridized carbons (Fsp3) is 0.0769. The number of hydrogen-bond acceptors (Lipinski definition) is 2. The second-order valence-electron chi connectivity index (χ2n) is 3.83. The molecule has 0 radical (unpaired) electrons. The zero-order valence-corrected chi connectivity index (χ0v) is 10.1. The summed E-state index contributed by atoms with van der Waals surface area (Å²) in [7, 11) is 0. The van der Waals surface area contributed by atoms with Crippen LogP contribution in [0, 0.1) is 12.7 Å². The maximum absolute atomic E-state index is 13.2. The molecular weight excluding hydrogens is 239 g/mol. The molecule has 0 unspecified atom stereocenters. The number of benzene rings is 2. The quantitative estimate of drug-likeness (QED) is 0.787. The Bertz CT molecular complexity index is 506. The van der Waals surface area contributed by atoms with Gasteiger partial charge in [-0.15, -0.1) is 0 Å². The molecule has 0 spiro atoms. The van der Waals surface area contributed by atoms with Gasteiger partial charge in [-0.05, 0) is 48.9 Å². The van der Waals surface area contributed by atoms with Gasteiger partial charge in [-0.25, -0.2) is 4.39 Å². The van der Waals surface area contributed by atoms with E-state index in [9.17, 15) is 4.39 Å². The minimum absolute atomic E-state index is 0.115. The van der Waals surface area contributed by atoms with Crippen LogP contribution in [0.1, 0.15) is 5.56 Å². The van der Waals surface area contributed by atoms with Crippen molar-refractivity contribution in [2.45, 2.75) is 6.92 Å². The maximum atomic E-state index is 13.2. The molecule has 2 rings (SSSR count). The lowest BCUT2D eigenvalue weighted by Gasteiger charge is -2.09. The van der Waals surface area contributed by atoms with Crippen LogP contribution in [0.15, 0.2) is 36.4 Å². The Morgan fingerprint density at radius 1 is 1.12 bits per heavy atom. The smallest absolute Gasteiger partial charge is 0.143 e. The molecule has 0 saturated carbocycles. The molecule has 4 heteroatoms. The molecular formula is C13H12ClFN2. The third kappa shape index (κ3) is 2.68. The number of nitrogens with two attached hydrogens (primary N) is 1. The molecule has 88 valence electrons. The van der Waals surface area contributed by atoms with E-state index in [0.29, 0.717) is 5.69 Å². The van der Waals surface area contributed by atoms with Gasteiger partial charge in [-0.2, -0.15) is 0 Å². The van der Waals surface area contributed by atoms with Gasteiger partial charge in [0.05, 0.1) is 5.02 Å². The molecule has 2 aromatic rings. The van der Waals surface area contributed by atoms with Crippen molar-refractivity contribution < 1.29 is 4.39 Å². The molecule has 0 atom stereocenters. The first-order valence-corrected chi connectivity index (χ1v) is 5.52. The summed E-state index contributed by atoms with van der Waals surface area (Å²) >= 11 is 5.61. The highest BCUT2D eigenvalue weighted by atomic mass is 35.5. The van der Waals surface area contributed by atoms with Gasteiger partial charge in [-0.1, -0.05) is 11.6 Å². The monoisotopic (exact) mass is 250 g/mol. The predicted molar refractivity (Wildman–Crippen MR) is 70.3 cm³/mol. The summed E-state index contributed by atoms with van der Waals surface area (Å²) in [5.74, 6) is -0.441. The minimum Gasteiger partial charge on any atom is -0.399 e. The zero-order chi connectivity index (χ0) is 12.4. The summed E-state index contributed by atoms with van der Waals surface area (Å²) in [4.78, 5) is 0. The maximum Gasteiger partial charge on any atom is 0.143 e. The van der Waals surface area contributed by atoms with Gasteiger partial charge in [0.1, 0.15) is 5.82 Å². The third-order valence-electron chi connectivity index (χ3n) is 2.48. The van der Waals surface area contributed by atoms with E-state index in [1.807, 2.05) is 25.1 Å². The second kappa shape index (κ2) is 4.63. The van der Waals surface area contributed by atoms with Crippen LogP contribution in [-0.2, 0) is 0 Å². The Morgan fingerprint density at radius 3 is 2.41 bits per heavy atom. The van der Waals surface area contributed by atoms with Crippen molar-refractivity contribution in [1.29, 1.82) is 0 Å². The average molecular weight is 251 g/mol. The molecule has 0 aliphatic rings. The van der Waals surface area contributed by atoms with E-state index in [1.165, 1.54) is 12.1 Å². The van der Waals surface area contributed by atoms with Crippen molar-refractivity contribution in [3.05, 3.63) is 52.8 Å². The number of halogens is 2. The van der Waals surface area contributed by atoms with E-state index in [-0.39, 0.29) is 5.02 Å². The minimum atomic E-state index is -0.441. The van der Waals surface area contributed by atoms with Gasteiger partial charge in [0.25, 0.3) is 0 Å². The number of anilines is 3. The predicted octanol–water partition coefficient (Wildman–Crippen LogP) is 4.11. The van der Waals surface area contributed by atoms with E-state index in [4.69, 9.17) is 17.3 Å². The fourth-order valence-electron chi connectivity index (χ4n) is 1.49. The van der Waals surface area contributed by atoms with Crippen molar-refractivity contribution in [3.63, 3.8) is 0 Å². The van der Waals surface area contributed by atoms with Crippen molar-refractivity contribution >= 4 is 28.7 Å². The lowest BCUT2D eigenvalue weighted by atomic mass is 10.2. The summed E-state index contributed by atoms with van der Waals surface area (Å²) in [6.45, 7) is 1.92. The molecule has 0 fully saturated rings. The number of nitrogens with one attached hydrogen (secondary N) is 1. The molecule has 0 saturated heterocycles. The molecule has 2 aromatic carbocycles. The molecule has 3 N–H and O–H groups in total. The Morgan fingerprint density at radius 2 is 1.76 bits per heavy atom. The van der Waals surface area contributed by atoms with Crippen LogP contribution < -0.4 is 11.1 Å². The van der Waals surface area contributed by atoms with E-state index >= 15 is 0 Å². The lowest BCUT2D eigenvalue weighted by molar-refractivity contribution is 0.629. The molecule has 17 heavy (non-hydrogen) atoms. The first-order chi connectivity index (χ1) is 8.06. The Hall–Kier alpha value is -1.74. The van der Waals surface area contributed by atoms with Gasteiger partial charge in [0.2, 0.25) is 0 Å². The fourth-order valence-corrected chi connectivity index (χ4v) is 1.61. The topological polar surface area (TPSA) is 38.0 Å². The molecule has 0 heterocycles. The Balaban J connectivity index is 2.25. The Kier molecular flexibility index (Phi) is 3.20. The first-order valence-electron chi connectivity index (χ1n) is 5.14. The van der Waals surface area contributed by atoms with Gasteiger partial charge in [0, 0.05) is 17.1 Å². The number of rotatable bonds is 2. The largest absolute Gasteiger partial charge is 0.399 e. The SMILES string of the molecule is Cc1cc(Nc2ccc(Cl)c(F)c2)ccc1N. The van der Waals surface area contributed by atoms with Crippen molar-refractivity contribution in [2.75, 3.05) is 11.1 Å². The van der Waals surface area contributed by atoms with Crippen LogP contribution in [-0.4, -0.2) is 0 Å². The summed E-state index contributed by atoms with van der Waals surface area (Å²) < 4.78 is 13.2. The number of nitrogen functional groups attached to an aromatic ring is 1. The lowest BCUT2D eigenvalue weighted by Crippen LogP contribution is -1.94. The number of aryl methyl sites for hydroxylation is 1. The summed E-state index contributed by atoms with van der Waals surface area (Å²) in [6, 6.07) is 10.1.